The second-order valence-electron chi connectivity index (χ2n) is 3.90. The predicted octanol–water partition coefficient (Wildman–Crippen LogP) is 1.67. The average Bonchev–Trinajstić information content (AvgIpc) is 2.05. The Labute approximate surface area is 81.1 Å². The average molecular weight is 187 g/mol. The molecule has 0 atom stereocenters. The van der Waals surface area contributed by atoms with Gasteiger partial charge < -0.3 is 9.64 Å². The topological polar surface area (TPSA) is 29.5 Å². The number of hydrogen-bond donors (Lipinski definition) is 0. The molecule has 0 aromatic rings. The smallest absolute Gasteiger partial charge is 0.254 e. The third-order valence-corrected chi connectivity index (χ3v) is 2.25. The highest BCUT2D eigenvalue weighted by atomic mass is 16.5. The number of carbonyl (C=O) groups excluding carboxylic acids is 1. The van der Waals surface area contributed by atoms with E-state index in [1.807, 2.05) is 25.7 Å². The molecule has 0 rings (SSSR count). The predicted molar refractivity (Wildman–Crippen MR) is 53.6 cm³/mol. The number of carbonyl (C=O) groups is 1. The third kappa shape index (κ3) is 2.99. The Morgan fingerprint density at radius 1 is 1.46 bits per heavy atom. The van der Waals surface area contributed by atoms with Gasteiger partial charge in [0.05, 0.1) is 0 Å². The van der Waals surface area contributed by atoms with Gasteiger partial charge in [-0.1, -0.05) is 0 Å². The summed E-state index contributed by atoms with van der Waals surface area (Å²) in [6, 6.07) is 0.229. The van der Waals surface area contributed by atoms with Crippen molar-refractivity contribution in [3.8, 4) is 0 Å². The Balaban J connectivity index is 4.55. The van der Waals surface area contributed by atoms with E-state index in [4.69, 9.17) is 4.74 Å². The number of hydrogen-bond acceptors (Lipinski definition) is 2. The van der Waals surface area contributed by atoms with Crippen LogP contribution in [0.2, 0.25) is 0 Å². The van der Waals surface area contributed by atoms with Crippen molar-refractivity contribution in [1.82, 2.24) is 4.90 Å². The van der Waals surface area contributed by atoms with Crippen LogP contribution < -0.4 is 0 Å². The summed E-state index contributed by atoms with van der Waals surface area (Å²) < 4.78 is 5.14. The maximum atomic E-state index is 11.9. The van der Waals surface area contributed by atoms with Crippen LogP contribution in [0.5, 0.6) is 0 Å². The van der Waals surface area contributed by atoms with Gasteiger partial charge in [0.15, 0.2) is 0 Å². The normalized spacial score (nSPS) is 11.9. The zero-order valence-electron chi connectivity index (χ0n) is 9.55. The molecule has 0 aromatic carbocycles. The molecule has 78 valence electrons. The quantitative estimate of drug-likeness (QED) is 0.670. The first-order valence-corrected chi connectivity index (χ1v) is 4.73. The van der Waals surface area contributed by atoms with Crippen molar-refractivity contribution in [1.29, 1.82) is 0 Å². The van der Waals surface area contributed by atoms with E-state index >= 15 is 0 Å². The van der Waals surface area contributed by atoms with Crippen LogP contribution in [0.25, 0.3) is 0 Å². The van der Waals surface area contributed by atoms with Crippen LogP contribution >= 0.6 is 0 Å². The van der Waals surface area contributed by atoms with Gasteiger partial charge in [0.1, 0.15) is 5.60 Å². The molecular weight excluding hydrogens is 166 g/mol. The van der Waals surface area contributed by atoms with E-state index in [0.717, 1.165) is 6.54 Å². The molecule has 0 heterocycles. The van der Waals surface area contributed by atoms with Gasteiger partial charge in [-0.2, -0.15) is 0 Å². The summed E-state index contributed by atoms with van der Waals surface area (Å²) in [5, 5.41) is 0. The van der Waals surface area contributed by atoms with E-state index in [1.165, 1.54) is 0 Å². The molecule has 0 aromatic heterocycles. The van der Waals surface area contributed by atoms with Crippen LogP contribution in [0.1, 0.15) is 34.6 Å². The number of amides is 1. The molecule has 0 aliphatic heterocycles. The molecule has 0 saturated carbocycles. The van der Waals surface area contributed by atoms with Gasteiger partial charge in [0.2, 0.25) is 0 Å². The van der Waals surface area contributed by atoms with E-state index in [9.17, 15) is 4.79 Å². The minimum absolute atomic E-state index is 0.0486. The second kappa shape index (κ2) is 4.61. The van der Waals surface area contributed by atoms with Crippen molar-refractivity contribution >= 4 is 5.91 Å². The highest BCUT2D eigenvalue weighted by Crippen LogP contribution is 2.14. The summed E-state index contributed by atoms with van der Waals surface area (Å²) >= 11 is 0. The largest absolute Gasteiger partial charge is 0.369 e. The fourth-order valence-corrected chi connectivity index (χ4v) is 1.18. The minimum Gasteiger partial charge on any atom is -0.369 e. The van der Waals surface area contributed by atoms with Gasteiger partial charge in [-0.15, -0.1) is 0 Å². The first-order valence-electron chi connectivity index (χ1n) is 4.73. The molecule has 0 N–H and O–H groups in total. The SMILES string of the molecule is CCN(C(=O)C(C)(C)OC)C(C)C. The molecule has 0 aliphatic rings. The van der Waals surface area contributed by atoms with Gasteiger partial charge in [-0.3, -0.25) is 4.79 Å². The van der Waals surface area contributed by atoms with Crippen LogP contribution in [0.4, 0.5) is 0 Å². The lowest BCUT2D eigenvalue weighted by molar-refractivity contribution is -0.152. The van der Waals surface area contributed by atoms with Gasteiger partial charge in [0.25, 0.3) is 5.91 Å². The molecule has 0 bridgehead atoms. The summed E-state index contributed by atoms with van der Waals surface area (Å²) in [5.41, 5.74) is -0.708. The maximum Gasteiger partial charge on any atom is 0.254 e. The van der Waals surface area contributed by atoms with Crippen LogP contribution in [-0.4, -0.2) is 36.1 Å². The zero-order valence-corrected chi connectivity index (χ0v) is 9.55. The van der Waals surface area contributed by atoms with Gasteiger partial charge >= 0.3 is 0 Å². The Kier molecular flexibility index (Phi) is 4.40. The molecular formula is C10H21NO2. The number of rotatable bonds is 4. The fourth-order valence-electron chi connectivity index (χ4n) is 1.18. The van der Waals surface area contributed by atoms with Crippen LogP contribution in [0.3, 0.4) is 0 Å². The lowest BCUT2D eigenvalue weighted by Crippen LogP contribution is -2.49. The Hall–Kier alpha value is -0.570. The first-order chi connectivity index (χ1) is 5.86. The zero-order chi connectivity index (χ0) is 10.6. The van der Waals surface area contributed by atoms with Crippen molar-refractivity contribution in [3.63, 3.8) is 0 Å². The van der Waals surface area contributed by atoms with E-state index in [1.54, 1.807) is 21.0 Å². The van der Waals surface area contributed by atoms with Crippen LogP contribution in [0.15, 0.2) is 0 Å². The summed E-state index contributed by atoms with van der Waals surface area (Å²) in [6.45, 7) is 10.3. The lowest BCUT2D eigenvalue weighted by atomic mass is 10.1. The first kappa shape index (κ1) is 12.4. The van der Waals surface area contributed by atoms with Crippen LogP contribution in [-0.2, 0) is 9.53 Å². The van der Waals surface area contributed by atoms with Crippen molar-refractivity contribution < 1.29 is 9.53 Å². The summed E-state index contributed by atoms with van der Waals surface area (Å²) in [5.74, 6) is 0.0486. The van der Waals surface area contributed by atoms with Crippen molar-refractivity contribution in [2.75, 3.05) is 13.7 Å². The van der Waals surface area contributed by atoms with Gasteiger partial charge in [0, 0.05) is 19.7 Å². The van der Waals surface area contributed by atoms with E-state index in [-0.39, 0.29) is 11.9 Å². The maximum absolute atomic E-state index is 11.9. The fraction of sp³-hybridized carbons (Fsp3) is 0.900. The van der Waals surface area contributed by atoms with E-state index < -0.39 is 5.60 Å². The summed E-state index contributed by atoms with van der Waals surface area (Å²) in [4.78, 5) is 13.7. The molecule has 1 amide bonds. The molecule has 0 radical (unpaired) electrons. The molecule has 3 nitrogen and oxygen atoms in total. The number of methoxy groups -OCH3 is 1. The molecule has 13 heavy (non-hydrogen) atoms. The Morgan fingerprint density at radius 2 is 1.92 bits per heavy atom. The highest BCUT2D eigenvalue weighted by Gasteiger charge is 2.32. The molecule has 3 heteroatoms. The van der Waals surface area contributed by atoms with Gasteiger partial charge in [-0.05, 0) is 34.6 Å². The highest BCUT2D eigenvalue weighted by molar-refractivity contribution is 5.84. The summed E-state index contributed by atoms with van der Waals surface area (Å²) in [7, 11) is 1.56. The standard InChI is InChI=1S/C10H21NO2/c1-7-11(8(2)3)9(12)10(4,5)13-6/h8H,7H2,1-6H3. The number of nitrogens with zero attached hydrogens (tertiary/aromatic N) is 1. The van der Waals surface area contributed by atoms with Crippen molar-refractivity contribution in [3.05, 3.63) is 0 Å². The number of likely N-dealkylation sites (N-methyl/N-ethyl adjacent to an activating group) is 1. The molecule has 0 spiro atoms. The molecule has 0 saturated heterocycles. The summed E-state index contributed by atoms with van der Waals surface area (Å²) in [6.07, 6.45) is 0. The monoisotopic (exact) mass is 187 g/mol. The van der Waals surface area contributed by atoms with E-state index in [0.29, 0.717) is 0 Å². The van der Waals surface area contributed by atoms with Gasteiger partial charge in [-0.25, -0.2) is 0 Å². The van der Waals surface area contributed by atoms with Crippen LogP contribution in [0, 0.1) is 0 Å². The third-order valence-electron chi connectivity index (χ3n) is 2.25. The molecule has 0 aliphatic carbocycles. The molecule has 0 fully saturated rings. The van der Waals surface area contributed by atoms with Crippen molar-refractivity contribution in [2.24, 2.45) is 0 Å². The van der Waals surface area contributed by atoms with E-state index in [2.05, 4.69) is 0 Å². The molecule has 0 unspecified atom stereocenters. The lowest BCUT2D eigenvalue weighted by Gasteiger charge is -2.32. The Morgan fingerprint density at radius 3 is 2.15 bits per heavy atom. The second-order valence-corrected chi connectivity index (χ2v) is 3.90. The van der Waals surface area contributed by atoms with Crippen molar-refractivity contribution in [2.45, 2.75) is 46.3 Å². The Bertz CT molecular complexity index is 176. The minimum atomic E-state index is -0.708. The number of ether oxygens (including phenoxy) is 1.